The summed E-state index contributed by atoms with van der Waals surface area (Å²) in [6, 6.07) is 3.89. The molecule has 0 saturated carbocycles. The zero-order valence-electron chi connectivity index (χ0n) is 15.9. The number of ether oxygens (including phenoxy) is 2. The molecule has 1 aromatic rings. The zero-order valence-corrected chi connectivity index (χ0v) is 16.7. The maximum Gasteiger partial charge on any atom is 0.255 e. The average Bonchev–Trinajstić information content (AvgIpc) is 2.59. The number of anilines is 1. The molecule has 0 spiro atoms. The number of rotatable bonds is 4. The molecule has 27 heavy (non-hydrogen) atoms. The second kappa shape index (κ2) is 8.39. The van der Waals surface area contributed by atoms with Crippen molar-refractivity contribution in [3.63, 3.8) is 0 Å². The van der Waals surface area contributed by atoms with Gasteiger partial charge in [0.1, 0.15) is 5.75 Å². The largest absolute Gasteiger partial charge is 0.477 e. The van der Waals surface area contributed by atoms with E-state index in [0.29, 0.717) is 47.3 Å². The minimum absolute atomic E-state index is 0.0876. The van der Waals surface area contributed by atoms with Gasteiger partial charge in [0.15, 0.2) is 6.10 Å². The van der Waals surface area contributed by atoms with E-state index in [4.69, 9.17) is 26.8 Å². The van der Waals surface area contributed by atoms with Crippen molar-refractivity contribution in [3.8, 4) is 17.6 Å². The van der Waals surface area contributed by atoms with E-state index >= 15 is 0 Å². The first-order chi connectivity index (χ1) is 12.9. The van der Waals surface area contributed by atoms with Crippen molar-refractivity contribution in [3.05, 3.63) is 22.7 Å². The Morgan fingerprint density at radius 3 is 2.70 bits per heavy atom. The second-order valence-corrected chi connectivity index (χ2v) is 7.58. The van der Waals surface area contributed by atoms with Gasteiger partial charge in [-0.15, -0.1) is 5.92 Å². The Balaban J connectivity index is 1.77. The van der Waals surface area contributed by atoms with Crippen LogP contribution in [0.15, 0.2) is 12.1 Å². The van der Waals surface area contributed by atoms with E-state index in [0.717, 1.165) is 12.8 Å². The summed E-state index contributed by atoms with van der Waals surface area (Å²) in [6.45, 7) is 4.97. The quantitative estimate of drug-likeness (QED) is 0.608. The van der Waals surface area contributed by atoms with Crippen molar-refractivity contribution < 1.29 is 14.3 Å². The molecule has 1 aromatic carbocycles. The first-order valence-electron chi connectivity index (χ1n) is 9.17. The van der Waals surface area contributed by atoms with Crippen molar-refractivity contribution in [2.45, 2.75) is 50.9 Å². The number of nitrogen functional groups attached to an aromatic ring is 1. The van der Waals surface area contributed by atoms with Crippen LogP contribution in [0.25, 0.3) is 0 Å². The summed E-state index contributed by atoms with van der Waals surface area (Å²) in [5, 5.41) is 3.47. The highest BCUT2D eigenvalue weighted by Gasteiger charge is 2.37. The summed E-state index contributed by atoms with van der Waals surface area (Å²) in [7, 11) is 2.12. The summed E-state index contributed by atoms with van der Waals surface area (Å²) in [6.07, 6.45) is 1.35. The molecular weight excluding hydrogens is 366 g/mol. The number of hydrogen-bond donors (Lipinski definition) is 2. The van der Waals surface area contributed by atoms with Crippen LogP contribution in [0, 0.1) is 11.8 Å². The van der Waals surface area contributed by atoms with Crippen molar-refractivity contribution in [2.75, 3.05) is 26.0 Å². The first kappa shape index (κ1) is 19.8. The van der Waals surface area contributed by atoms with Gasteiger partial charge < -0.3 is 20.5 Å². The molecule has 6 nitrogen and oxygen atoms in total. The second-order valence-electron chi connectivity index (χ2n) is 7.18. The van der Waals surface area contributed by atoms with Crippen molar-refractivity contribution >= 4 is 23.2 Å². The number of halogens is 1. The fourth-order valence-electron chi connectivity index (χ4n) is 3.74. The minimum Gasteiger partial charge on any atom is -0.477 e. The van der Waals surface area contributed by atoms with Crippen molar-refractivity contribution in [1.29, 1.82) is 0 Å². The van der Waals surface area contributed by atoms with Gasteiger partial charge >= 0.3 is 0 Å². The molecule has 2 aliphatic rings. The van der Waals surface area contributed by atoms with Gasteiger partial charge in [-0.3, -0.25) is 9.69 Å². The number of hydrogen-bond acceptors (Lipinski definition) is 5. The van der Waals surface area contributed by atoms with Gasteiger partial charge in [-0.05, 0) is 39.8 Å². The maximum absolute atomic E-state index is 13.0. The first-order valence-corrected chi connectivity index (χ1v) is 9.55. The lowest BCUT2D eigenvalue weighted by Gasteiger charge is -2.46. The van der Waals surface area contributed by atoms with Crippen LogP contribution in [0.1, 0.15) is 37.0 Å². The van der Waals surface area contributed by atoms with E-state index in [2.05, 4.69) is 29.1 Å². The van der Waals surface area contributed by atoms with Gasteiger partial charge in [-0.1, -0.05) is 17.5 Å². The average molecular weight is 392 g/mol. The van der Waals surface area contributed by atoms with Gasteiger partial charge in [0.25, 0.3) is 5.91 Å². The summed E-state index contributed by atoms with van der Waals surface area (Å²) < 4.78 is 11.5. The van der Waals surface area contributed by atoms with Gasteiger partial charge in [0.05, 0.1) is 29.5 Å². The third-order valence-corrected chi connectivity index (χ3v) is 5.54. The fraction of sp³-hybridized carbons (Fsp3) is 0.550. The van der Waals surface area contributed by atoms with Crippen molar-refractivity contribution in [2.24, 2.45) is 0 Å². The van der Waals surface area contributed by atoms with Crippen LogP contribution in [0.5, 0.6) is 5.75 Å². The molecule has 0 radical (unpaired) electrons. The van der Waals surface area contributed by atoms with Gasteiger partial charge in [0, 0.05) is 24.2 Å². The molecule has 2 heterocycles. The van der Waals surface area contributed by atoms with E-state index in [1.54, 1.807) is 19.1 Å². The highest BCUT2D eigenvalue weighted by atomic mass is 35.5. The number of likely N-dealkylation sites (N-methyl/N-ethyl adjacent to an activating group) is 1. The summed E-state index contributed by atoms with van der Waals surface area (Å²) >= 11 is 6.16. The molecule has 2 fully saturated rings. The van der Waals surface area contributed by atoms with E-state index in [9.17, 15) is 4.79 Å². The number of piperidine rings is 1. The summed E-state index contributed by atoms with van der Waals surface area (Å²) in [5.41, 5.74) is 6.64. The highest BCUT2D eigenvalue weighted by Crippen LogP contribution is 2.31. The Morgan fingerprint density at radius 1 is 1.41 bits per heavy atom. The lowest BCUT2D eigenvalue weighted by Crippen LogP contribution is -2.59. The normalized spacial score (nSPS) is 25.9. The van der Waals surface area contributed by atoms with Crippen LogP contribution in [0.4, 0.5) is 5.69 Å². The van der Waals surface area contributed by atoms with Crippen LogP contribution < -0.4 is 15.8 Å². The molecule has 3 atom stereocenters. The SMILES string of the molecule is CC#C[C@H](C)Oc1cc(N)c(Cl)cc1C(=O)NC1CC2COCC(C1)N2C. The molecule has 0 aliphatic carbocycles. The fourth-order valence-corrected chi connectivity index (χ4v) is 3.91. The number of carbonyl (C=O) groups is 1. The third kappa shape index (κ3) is 4.49. The van der Waals surface area contributed by atoms with Crippen LogP contribution in [-0.4, -0.2) is 55.3 Å². The Hall–Kier alpha value is -1.94. The molecule has 2 unspecified atom stereocenters. The van der Waals surface area contributed by atoms with Crippen LogP contribution in [0.3, 0.4) is 0 Å². The number of nitrogens with two attached hydrogens (primary N) is 1. The predicted molar refractivity (Wildman–Crippen MR) is 106 cm³/mol. The highest BCUT2D eigenvalue weighted by molar-refractivity contribution is 6.33. The Labute approximate surface area is 165 Å². The molecule has 3 N–H and O–H groups in total. The lowest BCUT2D eigenvalue weighted by atomic mass is 9.90. The lowest BCUT2D eigenvalue weighted by molar-refractivity contribution is -0.0670. The van der Waals surface area contributed by atoms with E-state index < -0.39 is 0 Å². The molecule has 1 amide bonds. The Morgan fingerprint density at radius 2 is 2.07 bits per heavy atom. The number of morpholine rings is 1. The predicted octanol–water partition coefficient (Wildman–Crippen LogP) is 2.30. The third-order valence-electron chi connectivity index (χ3n) is 5.22. The molecule has 2 saturated heterocycles. The van der Waals surface area contributed by atoms with Crippen LogP contribution in [-0.2, 0) is 4.74 Å². The number of nitrogens with one attached hydrogen (secondary N) is 1. The molecule has 2 bridgehead atoms. The number of amides is 1. The monoisotopic (exact) mass is 391 g/mol. The number of nitrogens with zero attached hydrogens (tertiary/aromatic N) is 1. The molecule has 7 heteroatoms. The van der Waals surface area contributed by atoms with Crippen LogP contribution >= 0.6 is 11.6 Å². The molecule has 146 valence electrons. The van der Waals surface area contributed by atoms with Crippen molar-refractivity contribution in [1.82, 2.24) is 10.2 Å². The van der Waals surface area contributed by atoms with Gasteiger partial charge in [-0.25, -0.2) is 0 Å². The number of fused-ring (bicyclic) bond motifs is 2. The summed E-state index contributed by atoms with van der Waals surface area (Å²) in [5.74, 6) is 5.89. The van der Waals surface area contributed by atoms with E-state index in [1.807, 2.05) is 6.92 Å². The standard InChI is InChI=1S/C20H26ClN3O3/c1-4-5-12(2)27-19-9-18(22)17(21)8-16(19)20(25)23-13-6-14-10-26-11-15(7-13)24(14)3/h8-9,12-15H,6-7,10-11,22H2,1-3H3,(H,23,25)/t12-,13?,14?,15?/m0/s1. The van der Waals surface area contributed by atoms with Gasteiger partial charge in [-0.2, -0.15) is 0 Å². The Bertz CT molecular complexity index is 760. The maximum atomic E-state index is 13.0. The smallest absolute Gasteiger partial charge is 0.255 e. The number of benzene rings is 1. The minimum atomic E-state index is -0.359. The van der Waals surface area contributed by atoms with E-state index in [1.165, 1.54) is 0 Å². The summed E-state index contributed by atoms with van der Waals surface area (Å²) in [4.78, 5) is 15.3. The van der Waals surface area contributed by atoms with Gasteiger partial charge in [0.2, 0.25) is 0 Å². The zero-order chi connectivity index (χ0) is 19.6. The molecule has 0 aromatic heterocycles. The topological polar surface area (TPSA) is 76.8 Å². The van der Waals surface area contributed by atoms with E-state index in [-0.39, 0.29) is 18.1 Å². The molecular formula is C20H26ClN3O3. The number of carbonyl (C=O) groups excluding carboxylic acids is 1. The molecule has 3 rings (SSSR count). The Kier molecular flexibility index (Phi) is 6.15. The van der Waals surface area contributed by atoms with Crippen LogP contribution in [0.2, 0.25) is 5.02 Å². The molecule has 2 aliphatic heterocycles.